The molecule has 1 aliphatic rings. The van der Waals surface area contributed by atoms with E-state index in [4.69, 9.17) is 4.74 Å². The Morgan fingerprint density at radius 3 is 1.88 bits per heavy atom. The standard InChI is InChI=1S/C33H34FN3O4S/c1-2-41-30-17-15-29(16-18-30)37(42(39,40)31-19-13-28(34)14-20-31)25-32(38)35-21-23-36(24-22-35)33(26-9-5-3-6-10-26)27-11-7-4-8-12-27/h3-20,33H,2,21-25H2,1H3. The molecule has 0 atom stereocenters. The number of anilines is 1. The van der Waals surface area contributed by atoms with Crippen LogP contribution in [0.5, 0.6) is 5.75 Å². The Hall–Kier alpha value is -4.21. The number of hydrogen-bond acceptors (Lipinski definition) is 5. The summed E-state index contributed by atoms with van der Waals surface area (Å²) in [5.41, 5.74) is 2.68. The lowest BCUT2D eigenvalue weighted by atomic mass is 9.96. The molecular formula is C33H34FN3O4S. The van der Waals surface area contributed by atoms with Gasteiger partial charge < -0.3 is 9.64 Å². The quantitative estimate of drug-likeness (QED) is 0.250. The minimum atomic E-state index is -4.16. The second kappa shape index (κ2) is 13.2. The Balaban J connectivity index is 1.35. The molecule has 0 saturated carbocycles. The van der Waals surface area contributed by atoms with Crippen LogP contribution in [0.3, 0.4) is 0 Å². The third-order valence-corrected chi connectivity index (χ3v) is 9.17. The fraction of sp³-hybridized carbons (Fsp3) is 0.242. The summed E-state index contributed by atoms with van der Waals surface area (Å²) in [5, 5.41) is 0. The first kappa shape index (κ1) is 29.3. The lowest BCUT2D eigenvalue weighted by Gasteiger charge is -2.40. The van der Waals surface area contributed by atoms with Crippen LogP contribution in [0.15, 0.2) is 114 Å². The average molecular weight is 588 g/mol. The maximum Gasteiger partial charge on any atom is 0.264 e. The second-order valence-corrected chi connectivity index (χ2v) is 11.9. The molecule has 4 aromatic carbocycles. The molecule has 1 aliphatic heterocycles. The molecule has 0 spiro atoms. The van der Waals surface area contributed by atoms with E-state index >= 15 is 0 Å². The molecule has 0 aromatic heterocycles. The zero-order valence-corrected chi connectivity index (χ0v) is 24.3. The lowest BCUT2D eigenvalue weighted by molar-refractivity contribution is -0.131. The second-order valence-electron chi connectivity index (χ2n) is 10.0. The normalized spacial score (nSPS) is 14.1. The van der Waals surface area contributed by atoms with E-state index in [0.29, 0.717) is 44.2 Å². The van der Waals surface area contributed by atoms with Gasteiger partial charge in [0.15, 0.2) is 0 Å². The van der Waals surface area contributed by atoms with Crippen LogP contribution >= 0.6 is 0 Å². The van der Waals surface area contributed by atoms with Gasteiger partial charge in [0.25, 0.3) is 10.0 Å². The molecule has 4 aromatic rings. The molecule has 42 heavy (non-hydrogen) atoms. The number of carbonyl (C=O) groups is 1. The van der Waals surface area contributed by atoms with E-state index in [1.807, 2.05) is 43.3 Å². The number of rotatable bonds is 10. The van der Waals surface area contributed by atoms with Crippen molar-refractivity contribution in [2.75, 3.05) is 43.6 Å². The van der Waals surface area contributed by atoms with Gasteiger partial charge in [-0.05, 0) is 66.6 Å². The molecular weight excluding hydrogens is 553 g/mol. The van der Waals surface area contributed by atoms with Crippen molar-refractivity contribution in [2.24, 2.45) is 0 Å². The van der Waals surface area contributed by atoms with Gasteiger partial charge in [-0.25, -0.2) is 12.8 Å². The van der Waals surface area contributed by atoms with Gasteiger partial charge in [-0.3, -0.25) is 14.0 Å². The topological polar surface area (TPSA) is 70.2 Å². The zero-order chi connectivity index (χ0) is 29.5. The number of carbonyl (C=O) groups excluding carboxylic acids is 1. The van der Waals surface area contributed by atoms with E-state index in [1.165, 1.54) is 23.3 Å². The van der Waals surface area contributed by atoms with Gasteiger partial charge in [0, 0.05) is 26.2 Å². The summed E-state index contributed by atoms with van der Waals surface area (Å²) in [5.74, 6) is -0.251. The van der Waals surface area contributed by atoms with E-state index in [-0.39, 0.29) is 23.4 Å². The molecule has 1 heterocycles. The Morgan fingerprint density at radius 1 is 0.810 bits per heavy atom. The predicted octanol–water partition coefficient (Wildman–Crippen LogP) is 5.35. The van der Waals surface area contributed by atoms with Crippen LogP contribution < -0.4 is 9.04 Å². The van der Waals surface area contributed by atoms with Gasteiger partial charge in [-0.15, -0.1) is 0 Å². The van der Waals surface area contributed by atoms with Gasteiger partial charge in [-0.2, -0.15) is 0 Å². The van der Waals surface area contributed by atoms with Crippen molar-refractivity contribution in [3.8, 4) is 5.75 Å². The summed E-state index contributed by atoms with van der Waals surface area (Å²) in [7, 11) is -4.16. The van der Waals surface area contributed by atoms with E-state index in [1.54, 1.807) is 29.2 Å². The van der Waals surface area contributed by atoms with Crippen LogP contribution in [0, 0.1) is 5.82 Å². The molecule has 0 radical (unpaired) electrons. The third-order valence-electron chi connectivity index (χ3n) is 7.38. The number of hydrogen-bond donors (Lipinski definition) is 0. The van der Waals surface area contributed by atoms with Crippen LogP contribution in [0.4, 0.5) is 10.1 Å². The first-order chi connectivity index (χ1) is 20.4. The van der Waals surface area contributed by atoms with Crippen molar-refractivity contribution in [1.82, 2.24) is 9.80 Å². The average Bonchev–Trinajstić information content (AvgIpc) is 3.02. The van der Waals surface area contributed by atoms with Gasteiger partial charge >= 0.3 is 0 Å². The molecule has 0 N–H and O–H groups in total. The minimum absolute atomic E-state index is 0.0452. The molecule has 5 rings (SSSR count). The zero-order valence-electron chi connectivity index (χ0n) is 23.5. The van der Waals surface area contributed by atoms with E-state index < -0.39 is 15.8 Å². The summed E-state index contributed by atoms with van der Waals surface area (Å²) in [6.45, 7) is 4.14. The molecule has 218 valence electrons. The molecule has 7 nitrogen and oxygen atoms in total. The van der Waals surface area contributed by atoms with Gasteiger partial charge in [-0.1, -0.05) is 60.7 Å². The van der Waals surface area contributed by atoms with Crippen LogP contribution in [0.2, 0.25) is 0 Å². The number of piperazine rings is 1. The van der Waals surface area contributed by atoms with Gasteiger partial charge in [0.2, 0.25) is 5.91 Å². The molecule has 1 fully saturated rings. The van der Waals surface area contributed by atoms with Crippen molar-refractivity contribution in [2.45, 2.75) is 17.9 Å². The fourth-order valence-corrected chi connectivity index (χ4v) is 6.68. The summed E-state index contributed by atoms with van der Waals surface area (Å²) >= 11 is 0. The molecule has 1 saturated heterocycles. The number of nitrogens with zero attached hydrogens (tertiary/aromatic N) is 3. The fourth-order valence-electron chi connectivity index (χ4n) is 5.26. The van der Waals surface area contributed by atoms with Crippen LogP contribution in [0.25, 0.3) is 0 Å². The van der Waals surface area contributed by atoms with Crippen LogP contribution in [-0.2, 0) is 14.8 Å². The summed E-state index contributed by atoms with van der Waals surface area (Å²) in [6.07, 6.45) is 0. The number of benzene rings is 4. The number of amides is 1. The van der Waals surface area contributed by atoms with E-state index in [2.05, 4.69) is 29.2 Å². The highest BCUT2D eigenvalue weighted by molar-refractivity contribution is 7.92. The van der Waals surface area contributed by atoms with Crippen molar-refractivity contribution in [3.05, 3.63) is 126 Å². The highest BCUT2D eigenvalue weighted by Crippen LogP contribution is 2.30. The molecule has 1 amide bonds. The minimum Gasteiger partial charge on any atom is -0.494 e. The van der Waals surface area contributed by atoms with Crippen molar-refractivity contribution < 1.29 is 22.3 Å². The predicted molar refractivity (Wildman–Crippen MR) is 161 cm³/mol. The smallest absolute Gasteiger partial charge is 0.264 e. The van der Waals surface area contributed by atoms with Gasteiger partial charge in [0.05, 0.1) is 23.2 Å². The number of sulfonamides is 1. The van der Waals surface area contributed by atoms with Crippen molar-refractivity contribution in [1.29, 1.82) is 0 Å². The maximum absolute atomic E-state index is 13.7. The maximum atomic E-state index is 13.7. The summed E-state index contributed by atoms with van der Waals surface area (Å²) in [6, 6.07) is 31.8. The highest BCUT2D eigenvalue weighted by Gasteiger charge is 2.32. The monoisotopic (exact) mass is 587 g/mol. The number of ether oxygens (including phenoxy) is 1. The Kier molecular flexibility index (Phi) is 9.19. The molecule has 0 aliphatic carbocycles. The van der Waals surface area contributed by atoms with Crippen LogP contribution in [0.1, 0.15) is 24.1 Å². The SMILES string of the molecule is CCOc1ccc(N(CC(=O)N2CCN(C(c3ccccc3)c3ccccc3)CC2)S(=O)(=O)c2ccc(F)cc2)cc1. The van der Waals surface area contributed by atoms with Crippen molar-refractivity contribution in [3.63, 3.8) is 0 Å². The van der Waals surface area contributed by atoms with Crippen molar-refractivity contribution >= 4 is 21.6 Å². The lowest BCUT2D eigenvalue weighted by Crippen LogP contribution is -2.52. The number of halogens is 1. The summed E-state index contributed by atoms with van der Waals surface area (Å²) < 4.78 is 47.6. The Morgan fingerprint density at radius 2 is 1.36 bits per heavy atom. The molecule has 0 bridgehead atoms. The third kappa shape index (κ3) is 6.64. The van der Waals surface area contributed by atoms with E-state index in [9.17, 15) is 17.6 Å². The first-order valence-corrected chi connectivity index (χ1v) is 15.4. The Labute approximate surface area is 246 Å². The van der Waals surface area contributed by atoms with Crippen LogP contribution in [-0.4, -0.2) is 63.5 Å². The molecule has 0 unspecified atom stereocenters. The first-order valence-electron chi connectivity index (χ1n) is 14.0. The molecule has 9 heteroatoms. The highest BCUT2D eigenvalue weighted by atomic mass is 32.2. The largest absolute Gasteiger partial charge is 0.494 e. The Bertz CT molecular complexity index is 1520. The van der Waals surface area contributed by atoms with Gasteiger partial charge in [0.1, 0.15) is 18.1 Å². The van der Waals surface area contributed by atoms with E-state index in [0.717, 1.165) is 16.4 Å². The summed E-state index contributed by atoms with van der Waals surface area (Å²) in [4.78, 5) is 17.6.